The van der Waals surface area contributed by atoms with Gasteiger partial charge in [-0.3, -0.25) is 0 Å². The van der Waals surface area contributed by atoms with Gasteiger partial charge in [0.25, 0.3) is 0 Å². The van der Waals surface area contributed by atoms with Crippen molar-refractivity contribution in [1.82, 2.24) is 19.5 Å². The maximum Gasteiger partial charge on any atom is 0.167 e. The Labute approximate surface area is 340 Å². The van der Waals surface area contributed by atoms with Gasteiger partial charge >= 0.3 is 0 Å². The molecule has 278 valence electrons. The molecule has 8 aromatic carbocycles. The summed E-state index contributed by atoms with van der Waals surface area (Å²) in [6, 6.07) is 59.2. The molecule has 0 aliphatic carbocycles. The van der Waals surface area contributed by atoms with E-state index in [1.807, 2.05) is 30.4 Å². The minimum absolute atomic E-state index is 0.537. The summed E-state index contributed by atoms with van der Waals surface area (Å²) in [5.41, 5.74) is 12.0. The van der Waals surface area contributed by atoms with Crippen molar-refractivity contribution in [3.63, 3.8) is 0 Å². The summed E-state index contributed by atoms with van der Waals surface area (Å²) >= 11 is 0. The van der Waals surface area contributed by atoms with E-state index in [1.165, 1.54) is 16.3 Å². The maximum atomic E-state index is 6.89. The van der Waals surface area contributed by atoms with Crippen LogP contribution >= 0.6 is 0 Å². The summed E-state index contributed by atoms with van der Waals surface area (Å²) in [5.74, 6) is 1.72. The fraction of sp³-hybridized carbons (Fsp3) is 0.0185. The van der Waals surface area contributed by atoms with Crippen molar-refractivity contribution < 1.29 is 4.42 Å². The molecule has 3 aromatic heterocycles. The monoisotopic (exact) mass is 756 g/mol. The predicted octanol–water partition coefficient (Wildman–Crippen LogP) is 14.2. The third-order valence-corrected chi connectivity index (χ3v) is 11.4. The molecule has 0 saturated carbocycles. The lowest BCUT2D eigenvalue weighted by molar-refractivity contribution is 0.669. The van der Waals surface area contributed by atoms with Crippen LogP contribution in [0.3, 0.4) is 0 Å². The Bertz CT molecular complexity index is 3460. The molecular formula is C54H36N4O. The van der Waals surface area contributed by atoms with Crippen molar-refractivity contribution in [3.05, 3.63) is 200 Å². The summed E-state index contributed by atoms with van der Waals surface area (Å²) in [7, 11) is 0. The van der Waals surface area contributed by atoms with E-state index in [-0.39, 0.29) is 0 Å². The minimum atomic E-state index is 0.537. The molecule has 0 N–H and O–H groups in total. The van der Waals surface area contributed by atoms with E-state index in [9.17, 15) is 0 Å². The van der Waals surface area contributed by atoms with Crippen molar-refractivity contribution in [3.8, 4) is 51.0 Å². The predicted molar refractivity (Wildman–Crippen MR) is 245 cm³/mol. The molecule has 0 spiro atoms. The second-order valence-electron chi connectivity index (χ2n) is 14.9. The van der Waals surface area contributed by atoms with Crippen molar-refractivity contribution in [2.45, 2.75) is 6.92 Å². The van der Waals surface area contributed by atoms with Gasteiger partial charge in [-0.1, -0.05) is 158 Å². The summed E-state index contributed by atoms with van der Waals surface area (Å²) in [6.07, 6.45) is 5.93. The molecule has 59 heavy (non-hydrogen) atoms. The van der Waals surface area contributed by atoms with Gasteiger partial charge in [0.05, 0.1) is 27.7 Å². The molecule has 11 rings (SSSR count). The summed E-state index contributed by atoms with van der Waals surface area (Å²) < 4.78 is 9.26. The molecule has 0 fully saturated rings. The van der Waals surface area contributed by atoms with Crippen LogP contribution < -0.4 is 0 Å². The molecular weight excluding hydrogens is 721 g/mol. The third-order valence-electron chi connectivity index (χ3n) is 11.4. The van der Waals surface area contributed by atoms with E-state index in [2.05, 4.69) is 176 Å². The maximum absolute atomic E-state index is 6.89. The molecule has 0 amide bonds. The van der Waals surface area contributed by atoms with Crippen molar-refractivity contribution >= 4 is 60.6 Å². The Kier molecular flexibility index (Phi) is 8.12. The first-order valence-electron chi connectivity index (χ1n) is 19.8. The van der Waals surface area contributed by atoms with Gasteiger partial charge in [0.15, 0.2) is 17.5 Å². The van der Waals surface area contributed by atoms with Gasteiger partial charge in [-0.05, 0) is 76.3 Å². The quantitative estimate of drug-likeness (QED) is 0.152. The van der Waals surface area contributed by atoms with Gasteiger partial charge < -0.3 is 8.98 Å². The zero-order chi connectivity index (χ0) is 39.5. The van der Waals surface area contributed by atoms with Crippen molar-refractivity contribution in [1.29, 1.82) is 0 Å². The van der Waals surface area contributed by atoms with Gasteiger partial charge in [-0.15, -0.1) is 0 Å². The molecule has 3 heterocycles. The second-order valence-corrected chi connectivity index (χ2v) is 14.9. The van der Waals surface area contributed by atoms with Gasteiger partial charge in [0.2, 0.25) is 0 Å². The average Bonchev–Trinajstić information content (AvgIpc) is 3.84. The molecule has 0 atom stereocenters. The Hall–Kier alpha value is -7.89. The van der Waals surface area contributed by atoms with Crippen LogP contribution in [0.5, 0.6) is 0 Å². The summed E-state index contributed by atoms with van der Waals surface area (Å²) in [4.78, 5) is 15.7. The highest BCUT2D eigenvalue weighted by Crippen LogP contribution is 2.43. The van der Waals surface area contributed by atoms with Crippen LogP contribution in [0.4, 0.5) is 0 Å². The standard InChI is InChI=1S/C54H36N4O/c1-3-4-15-39-33-48-45(32-34(39)2)41-21-10-12-24-46(41)58(48)47-31-30-44(51-50(47)43-22-11-13-25-49(43)59-51)54-56-52(38-28-26-36(27-29-38)35-16-6-5-7-17-35)55-53(57-54)42-23-14-19-37-18-8-9-20-40(37)42/h3-33H,1H2,2H3/b15-4-. The van der Waals surface area contributed by atoms with Crippen molar-refractivity contribution in [2.24, 2.45) is 0 Å². The normalized spacial score (nSPS) is 11.8. The number of fused-ring (bicyclic) bond motifs is 7. The third kappa shape index (κ3) is 5.74. The molecule has 0 aliphatic rings. The minimum Gasteiger partial charge on any atom is -0.455 e. The van der Waals surface area contributed by atoms with E-state index in [4.69, 9.17) is 19.4 Å². The zero-order valence-corrected chi connectivity index (χ0v) is 32.3. The topological polar surface area (TPSA) is 56.7 Å². The summed E-state index contributed by atoms with van der Waals surface area (Å²) in [5, 5.41) is 6.59. The lowest BCUT2D eigenvalue weighted by Gasteiger charge is -2.14. The highest BCUT2D eigenvalue weighted by molar-refractivity contribution is 6.17. The zero-order valence-electron chi connectivity index (χ0n) is 32.3. The van der Waals surface area contributed by atoms with Crippen LogP contribution in [0.15, 0.2) is 193 Å². The van der Waals surface area contributed by atoms with E-state index < -0.39 is 0 Å². The van der Waals surface area contributed by atoms with E-state index in [0.717, 1.165) is 77.2 Å². The van der Waals surface area contributed by atoms with Crippen LogP contribution in [-0.2, 0) is 0 Å². The summed E-state index contributed by atoms with van der Waals surface area (Å²) in [6.45, 7) is 6.08. The van der Waals surface area contributed by atoms with Crippen LogP contribution in [0, 0.1) is 6.92 Å². The number of aryl methyl sites for hydroxylation is 1. The Balaban J connectivity index is 1.18. The number of rotatable bonds is 7. The molecule has 11 aromatic rings. The number of benzene rings is 8. The number of allylic oxidation sites excluding steroid dienone is 2. The van der Waals surface area contributed by atoms with Gasteiger partial charge in [0, 0.05) is 27.3 Å². The fourth-order valence-electron chi connectivity index (χ4n) is 8.53. The molecule has 0 bridgehead atoms. The average molecular weight is 757 g/mol. The van der Waals surface area contributed by atoms with E-state index in [1.54, 1.807) is 0 Å². The first-order valence-corrected chi connectivity index (χ1v) is 19.8. The van der Waals surface area contributed by atoms with Crippen LogP contribution in [0.1, 0.15) is 11.1 Å². The molecule has 0 unspecified atom stereocenters. The fourth-order valence-corrected chi connectivity index (χ4v) is 8.53. The van der Waals surface area contributed by atoms with Crippen LogP contribution in [0.2, 0.25) is 0 Å². The van der Waals surface area contributed by atoms with Crippen molar-refractivity contribution in [2.75, 3.05) is 0 Å². The largest absolute Gasteiger partial charge is 0.455 e. The lowest BCUT2D eigenvalue weighted by Crippen LogP contribution is -2.02. The second kappa shape index (κ2) is 13.9. The smallest absolute Gasteiger partial charge is 0.167 e. The highest BCUT2D eigenvalue weighted by atomic mass is 16.3. The highest BCUT2D eigenvalue weighted by Gasteiger charge is 2.23. The molecule has 0 radical (unpaired) electrons. The number of aromatic nitrogens is 4. The van der Waals surface area contributed by atoms with E-state index in [0.29, 0.717) is 23.1 Å². The Morgan fingerprint density at radius 1 is 0.525 bits per heavy atom. The lowest BCUT2D eigenvalue weighted by atomic mass is 10.0. The van der Waals surface area contributed by atoms with Gasteiger partial charge in [-0.25, -0.2) is 15.0 Å². The molecule has 0 aliphatic heterocycles. The van der Waals surface area contributed by atoms with Crippen LogP contribution in [0.25, 0.3) is 112 Å². The van der Waals surface area contributed by atoms with Gasteiger partial charge in [0.1, 0.15) is 11.2 Å². The first kappa shape index (κ1) is 34.4. The number of para-hydroxylation sites is 2. The van der Waals surface area contributed by atoms with E-state index >= 15 is 0 Å². The van der Waals surface area contributed by atoms with Crippen LogP contribution in [-0.4, -0.2) is 19.5 Å². The number of furan rings is 1. The SMILES string of the molecule is C=C/C=C\c1cc2c(cc1C)c1ccccc1n2-c1ccc(-c2nc(-c3ccc(-c4ccccc4)cc3)nc(-c3cccc4ccccc34)n2)c2oc3ccccc3c12. The first-order chi connectivity index (χ1) is 29.1. The Morgan fingerprint density at radius 2 is 1.19 bits per heavy atom. The number of hydrogen-bond donors (Lipinski definition) is 0. The van der Waals surface area contributed by atoms with Gasteiger partial charge in [-0.2, -0.15) is 0 Å². The number of nitrogens with zero attached hydrogens (tertiary/aromatic N) is 4. The Morgan fingerprint density at radius 3 is 2.02 bits per heavy atom. The molecule has 5 heteroatoms. The molecule has 5 nitrogen and oxygen atoms in total. The molecule has 0 saturated heterocycles. The number of hydrogen-bond acceptors (Lipinski definition) is 4.